The van der Waals surface area contributed by atoms with Gasteiger partial charge in [-0.25, -0.2) is 4.79 Å². The van der Waals surface area contributed by atoms with Crippen molar-refractivity contribution in [1.29, 1.82) is 0 Å². The molecule has 0 aliphatic rings. The van der Waals surface area contributed by atoms with E-state index in [4.69, 9.17) is 5.11 Å². The lowest BCUT2D eigenvalue weighted by atomic mass is 10.1. The van der Waals surface area contributed by atoms with Crippen molar-refractivity contribution in [3.05, 3.63) is 29.6 Å². The van der Waals surface area contributed by atoms with Crippen LogP contribution in [0.15, 0.2) is 18.3 Å². The predicted octanol–water partition coefficient (Wildman–Crippen LogP) is -0.0446. The van der Waals surface area contributed by atoms with E-state index in [9.17, 15) is 14.7 Å². The third kappa shape index (κ3) is 3.25. The number of aromatic nitrogens is 1. The van der Waals surface area contributed by atoms with Crippen LogP contribution in [0.3, 0.4) is 0 Å². The van der Waals surface area contributed by atoms with E-state index in [1.54, 1.807) is 25.3 Å². The first-order valence-corrected chi connectivity index (χ1v) is 5.00. The maximum atomic E-state index is 11.7. The molecule has 92 valence electrons. The number of hydrogen-bond donors (Lipinski definition) is 3. The lowest BCUT2D eigenvalue weighted by molar-refractivity contribution is -0.155. The smallest absolute Gasteiger partial charge is 0.337 e. The summed E-state index contributed by atoms with van der Waals surface area (Å²) in [7, 11) is 0. The predicted molar refractivity (Wildman–Crippen MR) is 59.6 cm³/mol. The second-order valence-corrected chi connectivity index (χ2v) is 3.90. The molecule has 1 aromatic rings. The molecule has 6 nitrogen and oxygen atoms in total. The molecule has 17 heavy (non-hydrogen) atoms. The van der Waals surface area contributed by atoms with E-state index in [1.807, 2.05) is 0 Å². The van der Waals surface area contributed by atoms with Crippen LogP contribution in [0.5, 0.6) is 0 Å². The minimum absolute atomic E-state index is 0.355. The van der Waals surface area contributed by atoms with Gasteiger partial charge in [-0.3, -0.25) is 9.78 Å². The van der Waals surface area contributed by atoms with Crippen LogP contribution < -0.4 is 5.32 Å². The molecule has 1 rings (SSSR count). The number of carboxylic acids is 1. The number of carbonyl (C=O) groups is 2. The number of aryl methyl sites for hydroxylation is 1. The number of aliphatic hydroxyl groups is 1. The normalized spacial score (nSPS) is 13.8. The third-order valence-electron chi connectivity index (χ3n) is 2.31. The van der Waals surface area contributed by atoms with Gasteiger partial charge in [0.1, 0.15) is 0 Å². The van der Waals surface area contributed by atoms with Gasteiger partial charge in [0, 0.05) is 11.9 Å². The molecule has 1 heterocycles. The van der Waals surface area contributed by atoms with Crippen LogP contribution in [0.4, 0.5) is 0 Å². The van der Waals surface area contributed by atoms with Gasteiger partial charge in [0.15, 0.2) is 5.60 Å². The largest absolute Gasteiger partial charge is 0.479 e. The summed E-state index contributed by atoms with van der Waals surface area (Å²) in [5.41, 5.74) is -1.08. The number of amides is 1. The Morgan fingerprint density at radius 1 is 1.53 bits per heavy atom. The molecule has 0 spiro atoms. The summed E-state index contributed by atoms with van der Waals surface area (Å²) in [5, 5.41) is 20.4. The molecule has 0 bridgehead atoms. The van der Waals surface area contributed by atoms with E-state index >= 15 is 0 Å². The van der Waals surface area contributed by atoms with Gasteiger partial charge in [0.25, 0.3) is 5.91 Å². The van der Waals surface area contributed by atoms with Gasteiger partial charge in [-0.15, -0.1) is 0 Å². The van der Waals surface area contributed by atoms with Crippen LogP contribution in [0, 0.1) is 6.92 Å². The Kier molecular flexibility index (Phi) is 3.80. The molecule has 0 aromatic carbocycles. The number of nitrogens with one attached hydrogen (secondary N) is 1. The molecule has 1 atom stereocenters. The SMILES string of the molecule is Cc1ncccc1C(=O)NCC(C)(O)C(=O)O. The monoisotopic (exact) mass is 238 g/mol. The summed E-state index contributed by atoms with van der Waals surface area (Å²) >= 11 is 0. The molecular formula is C11H14N2O4. The Hall–Kier alpha value is -1.95. The van der Waals surface area contributed by atoms with Gasteiger partial charge < -0.3 is 15.5 Å². The van der Waals surface area contributed by atoms with Crippen molar-refractivity contribution in [3.63, 3.8) is 0 Å². The van der Waals surface area contributed by atoms with E-state index in [0.717, 1.165) is 6.92 Å². The van der Waals surface area contributed by atoms with Gasteiger partial charge >= 0.3 is 5.97 Å². The number of carbonyl (C=O) groups excluding carboxylic acids is 1. The minimum Gasteiger partial charge on any atom is -0.479 e. The van der Waals surface area contributed by atoms with E-state index < -0.39 is 17.5 Å². The number of nitrogens with zero attached hydrogens (tertiary/aromatic N) is 1. The van der Waals surface area contributed by atoms with Gasteiger partial charge in [-0.05, 0) is 26.0 Å². The van der Waals surface area contributed by atoms with E-state index in [2.05, 4.69) is 10.3 Å². The number of aliphatic carboxylic acids is 1. The highest BCUT2D eigenvalue weighted by atomic mass is 16.4. The summed E-state index contributed by atoms with van der Waals surface area (Å²) in [6.07, 6.45) is 1.56. The van der Waals surface area contributed by atoms with Gasteiger partial charge in [-0.2, -0.15) is 0 Å². The highest BCUT2D eigenvalue weighted by molar-refractivity contribution is 5.95. The molecule has 0 fully saturated rings. The second kappa shape index (κ2) is 4.92. The van der Waals surface area contributed by atoms with E-state index in [-0.39, 0.29) is 6.54 Å². The average Bonchev–Trinajstić information content (AvgIpc) is 2.26. The molecule has 0 radical (unpaired) electrons. The quantitative estimate of drug-likeness (QED) is 0.683. The highest BCUT2D eigenvalue weighted by Gasteiger charge is 2.30. The Labute approximate surface area is 98.3 Å². The van der Waals surface area contributed by atoms with Crippen LogP contribution in [-0.2, 0) is 4.79 Å². The lowest BCUT2D eigenvalue weighted by Gasteiger charge is -2.18. The zero-order valence-corrected chi connectivity index (χ0v) is 9.60. The summed E-state index contributed by atoms with van der Waals surface area (Å²) in [6.45, 7) is 2.42. The number of carboxylic acid groups (broad SMARTS) is 1. The van der Waals surface area contributed by atoms with Gasteiger partial charge in [-0.1, -0.05) is 0 Å². The third-order valence-corrected chi connectivity index (χ3v) is 2.31. The van der Waals surface area contributed by atoms with Crippen LogP contribution in [0.1, 0.15) is 23.0 Å². The number of hydrogen-bond acceptors (Lipinski definition) is 4. The second-order valence-electron chi connectivity index (χ2n) is 3.90. The molecule has 0 saturated carbocycles. The first kappa shape index (κ1) is 13.1. The first-order chi connectivity index (χ1) is 7.84. The maximum absolute atomic E-state index is 11.7. The molecule has 0 aliphatic carbocycles. The first-order valence-electron chi connectivity index (χ1n) is 5.00. The Morgan fingerprint density at radius 2 is 2.18 bits per heavy atom. The fourth-order valence-electron chi connectivity index (χ4n) is 1.15. The van der Waals surface area contributed by atoms with Crippen LogP contribution >= 0.6 is 0 Å². The van der Waals surface area contributed by atoms with Crippen molar-refractivity contribution in [2.75, 3.05) is 6.54 Å². The Bertz CT molecular complexity index is 443. The topological polar surface area (TPSA) is 99.5 Å². The Morgan fingerprint density at radius 3 is 2.71 bits per heavy atom. The van der Waals surface area contributed by atoms with Crippen molar-refractivity contribution < 1.29 is 19.8 Å². The molecule has 1 unspecified atom stereocenters. The summed E-state index contributed by atoms with van der Waals surface area (Å²) in [4.78, 5) is 26.2. The van der Waals surface area contributed by atoms with Crippen molar-refractivity contribution in [2.24, 2.45) is 0 Å². The standard InChI is InChI=1S/C11H14N2O4/c1-7-8(4-3-5-12-7)9(14)13-6-11(2,17)10(15)16/h3-5,17H,6H2,1-2H3,(H,13,14)(H,15,16). The fraction of sp³-hybridized carbons (Fsp3) is 0.364. The van der Waals surface area contributed by atoms with Crippen molar-refractivity contribution in [1.82, 2.24) is 10.3 Å². The van der Waals surface area contributed by atoms with E-state index in [0.29, 0.717) is 11.3 Å². The molecule has 0 aliphatic heterocycles. The Balaban J connectivity index is 2.69. The molecule has 6 heteroatoms. The van der Waals surface area contributed by atoms with Crippen molar-refractivity contribution >= 4 is 11.9 Å². The van der Waals surface area contributed by atoms with E-state index in [1.165, 1.54) is 0 Å². The van der Waals surface area contributed by atoms with Crippen LogP contribution in [0.2, 0.25) is 0 Å². The number of rotatable bonds is 4. The van der Waals surface area contributed by atoms with Gasteiger partial charge in [0.05, 0.1) is 12.1 Å². The zero-order chi connectivity index (χ0) is 13.1. The summed E-state index contributed by atoms with van der Waals surface area (Å²) < 4.78 is 0. The number of pyridine rings is 1. The average molecular weight is 238 g/mol. The molecule has 3 N–H and O–H groups in total. The zero-order valence-electron chi connectivity index (χ0n) is 9.60. The summed E-state index contributed by atoms with van der Waals surface area (Å²) in [5.74, 6) is -1.85. The molecule has 0 saturated heterocycles. The lowest BCUT2D eigenvalue weighted by Crippen LogP contribution is -2.46. The van der Waals surface area contributed by atoms with Crippen LogP contribution in [0.25, 0.3) is 0 Å². The minimum atomic E-state index is -1.98. The van der Waals surface area contributed by atoms with Gasteiger partial charge in [0.2, 0.25) is 0 Å². The van der Waals surface area contributed by atoms with Crippen LogP contribution in [-0.4, -0.2) is 39.2 Å². The maximum Gasteiger partial charge on any atom is 0.337 e. The molecule has 1 aromatic heterocycles. The fourth-order valence-corrected chi connectivity index (χ4v) is 1.15. The molecular weight excluding hydrogens is 224 g/mol. The highest BCUT2D eigenvalue weighted by Crippen LogP contribution is 2.05. The van der Waals surface area contributed by atoms with Crippen molar-refractivity contribution in [2.45, 2.75) is 19.4 Å². The molecule has 1 amide bonds. The summed E-state index contributed by atoms with van der Waals surface area (Å²) in [6, 6.07) is 3.18. The van der Waals surface area contributed by atoms with Crippen molar-refractivity contribution in [3.8, 4) is 0 Å².